The van der Waals surface area contributed by atoms with Crippen LogP contribution in [0.4, 0.5) is 20.6 Å². The summed E-state index contributed by atoms with van der Waals surface area (Å²) in [6, 6.07) is 18.2. The molecule has 0 unspecified atom stereocenters. The number of rotatable bonds is 4. The van der Waals surface area contributed by atoms with E-state index in [0.717, 1.165) is 0 Å². The lowest BCUT2D eigenvalue weighted by atomic mass is 9.63. The van der Waals surface area contributed by atoms with E-state index < -0.39 is 35.5 Å². The second-order valence-corrected chi connectivity index (χ2v) is 11.8. The lowest BCUT2D eigenvalue weighted by Crippen LogP contribution is -2.49. The maximum absolute atomic E-state index is 15.7. The zero-order chi connectivity index (χ0) is 27.2. The Morgan fingerprint density at radius 3 is 2.53 bits per heavy atom. The first-order valence-electron chi connectivity index (χ1n) is 12.3. The van der Waals surface area contributed by atoms with Gasteiger partial charge < -0.3 is 10.1 Å². The van der Waals surface area contributed by atoms with E-state index in [2.05, 4.69) is 36.7 Å². The molecule has 0 radical (unpaired) electrons. The molecule has 198 valence electrons. The van der Waals surface area contributed by atoms with Crippen LogP contribution in [0.15, 0.2) is 66.7 Å². The van der Waals surface area contributed by atoms with Crippen molar-refractivity contribution in [2.75, 3.05) is 10.6 Å². The number of nitrogens with one attached hydrogen (secondary N) is 3. The molecular weight excluding hydrogens is 528 g/mol. The average molecular weight is 556 g/mol. The van der Waals surface area contributed by atoms with E-state index in [1.165, 1.54) is 6.07 Å². The third kappa shape index (κ3) is 4.64. The number of carbonyl (C=O) groups excluding carboxylic acids is 2. The lowest BCUT2D eigenvalue weighted by molar-refractivity contribution is -0.122. The third-order valence-corrected chi connectivity index (χ3v) is 7.67. The quantitative estimate of drug-likeness (QED) is 0.321. The van der Waals surface area contributed by atoms with Gasteiger partial charge in [-0.25, -0.2) is 9.18 Å². The molecule has 0 bridgehead atoms. The van der Waals surface area contributed by atoms with Gasteiger partial charge in [0.05, 0.1) is 10.9 Å². The Kier molecular flexibility index (Phi) is 6.88. The molecule has 9 heteroatoms. The second-order valence-electron chi connectivity index (χ2n) is 10.9. The molecule has 4 atom stereocenters. The van der Waals surface area contributed by atoms with Crippen molar-refractivity contribution in [1.29, 1.82) is 0 Å². The fourth-order valence-corrected chi connectivity index (χ4v) is 6.11. The standard InChI is InChI=1S/C29H28Cl2FN3O3/c1-28(2,3)15-22-29(19-13-12-16(30)14-21(19)34-26(29)36)23(18-10-7-11-20(31)24(18)32)25(35-22)38-27(37)33-17-8-5-4-6-9-17/h4-14,22-23,25,35H,15H2,1-3H3,(H,33,37)(H,34,36)/t22-,23-,25+,29+/m0/s1. The molecule has 0 saturated carbocycles. The summed E-state index contributed by atoms with van der Waals surface area (Å²) in [5, 5.41) is 9.43. The minimum Gasteiger partial charge on any atom is -0.429 e. The molecular formula is C29H28Cl2FN3O3. The molecule has 3 aromatic carbocycles. The van der Waals surface area contributed by atoms with Gasteiger partial charge in [-0.3, -0.25) is 15.4 Å². The van der Waals surface area contributed by atoms with Gasteiger partial charge in [0.25, 0.3) is 0 Å². The van der Waals surface area contributed by atoms with Crippen LogP contribution < -0.4 is 16.0 Å². The van der Waals surface area contributed by atoms with Gasteiger partial charge >= 0.3 is 6.09 Å². The van der Waals surface area contributed by atoms with Gasteiger partial charge in [-0.2, -0.15) is 0 Å². The summed E-state index contributed by atoms with van der Waals surface area (Å²) in [7, 11) is 0. The molecule has 3 aromatic rings. The Labute approximate surface area is 230 Å². The number of carbonyl (C=O) groups is 2. The molecule has 2 aliphatic heterocycles. The summed E-state index contributed by atoms with van der Waals surface area (Å²) in [6.07, 6.45) is -1.25. The predicted molar refractivity (Wildman–Crippen MR) is 147 cm³/mol. The minimum atomic E-state index is -1.31. The maximum atomic E-state index is 15.7. The minimum absolute atomic E-state index is 0.0841. The summed E-state index contributed by atoms with van der Waals surface area (Å²) in [5.41, 5.74) is 0.393. The van der Waals surface area contributed by atoms with Crippen LogP contribution in [0.2, 0.25) is 10.0 Å². The number of halogens is 3. The Hall–Kier alpha value is -3.13. The van der Waals surface area contributed by atoms with E-state index >= 15 is 4.39 Å². The Morgan fingerprint density at radius 1 is 1.08 bits per heavy atom. The normalized spacial score (nSPS) is 24.3. The highest BCUT2D eigenvalue weighted by molar-refractivity contribution is 6.31. The van der Waals surface area contributed by atoms with Crippen molar-refractivity contribution in [3.8, 4) is 0 Å². The summed E-state index contributed by atoms with van der Waals surface area (Å²) >= 11 is 12.5. The number of hydrogen-bond donors (Lipinski definition) is 3. The van der Waals surface area contributed by atoms with Crippen LogP contribution in [0.3, 0.4) is 0 Å². The molecule has 0 aromatic heterocycles. The molecule has 3 N–H and O–H groups in total. The first-order chi connectivity index (χ1) is 18.0. The van der Waals surface area contributed by atoms with Crippen LogP contribution in [0.5, 0.6) is 0 Å². The fourth-order valence-electron chi connectivity index (χ4n) is 5.75. The summed E-state index contributed by atoms with van der Waals surface area (Å²) in [4.78, 5) is 27.1. The number of benzene rings is 3. The van der Waals surface area contributed by atoms with Crippen LogP contribution in [0.25, 0.3) is 0 Å². The number of hydrogen-bond acceptors (Lipinski definition) is 4. The van der Waals surface area contributed by atoms with Crippen molar-refractivity contribution < 1.29 is 18.7 Å². The molecule has 38 heavy (non-hydrogen) atoms. The topological polar surface area (TPSA) is 79.5 Å². The number of fused-ring (bicyclic) bond motifs is 2. The van der Waals surface area contributed by atoms with E-state index in [9.17, 15) is 9.59 Å². The smallest absolute Gasteiger partial charge is 0.413 e. The van der Waals surface area contributed by atoms with Crippen molar-refractivity contribution in [3.05, 3.63) is 93.7 Å². The summed E-state index contributed by atoms with van der Waals surface area (Å²) in [5.74, 6) is -1.92. The number of anilines is 2. The van der Waals surface area contributed by atoms with Gasteiger partial charge in [0, 0.05) is 22.4 Å². The van der Waals surface area contributed by atoms with Crippen molar-refractivity contribution >= 4 is 46.6 Å². The predicted octanol–water partition coefficient (Wildman–Crippen LogP) is 7.09. The number of amides is 2. The Bertz CT molecular complexity index is 1400. The molecule has 2 heterocycles. The zero-order valence-corrected chi connectivity index (χ0v) is 22.7. The van der Waals surface area contributed by atoms with Crippen molar-refractivity contribution in [2.45, 2.75) is 50.8 Å². The van der Waals surface area contributed by atoms with Crippen molar-refractivity contribution in [1.82, 2.24) is 5.32 Å². The second kappa shape index (κ2) is 9.88. The monoisotopic (exact) mass is 555 g/mol. The first-order valence-corrected chi connectivity index (χ1v) is 13.1. The van der Waals surface area contributed by atoms with Gasteiger partial charge in [0.15, 0.2) is 6.23 Å². The van der Waals surface area contributed by atoms with E-state index in [1.807, 2.05) is 6.07 Å². The highest BCUT2D eigenvalue weighted by Crippen LogP contribution is 2.57. The van der Waals surface area contributed by atoms with E-state index in [-0.39, 0.29) is 21.9 Å². The molecule has 6 nitrogen and oxygen atoms in total. The molecule has 2 amide bonds. The number of ether oxygens (including phenoxy) is 1. The van der Waals surface area contributed by atoms with Crippen LogP contribution in [-0.4, -0.2) is 24.3 Å². The zero-order valence-electron chi connectivity index (χ0n) is 21.1. The SMILES string of the molecule is CC(C)(C)C[C@@H]1N[C@H](OC(=O)Nc2ccccc2)[C@H](c2cccc(Cl)c2F)[C@]12C(=O)Nc1cc(Cl)ccc12. The molecule has 1 saturated heterocycles. The summed E-state index contributed by atoms with van der Waals surface area (Å²) in [6.45, 7) is 6.18. The maximum Gasteiger partial charge on any atom is 0.413 e. The molecule has 1 spiro atoms. The Balaban J connectivity index is 1.67. The first kappa shape index (κ1) is 26.5. The molecule has 5 rings (SSSR count). The van der Waals surface area contributed by atoms with Gasteiger partial charge in [-0.05, 0) is 53.3 Å². The molecule has 2 aliphatic rings. The average Bonchev–Trinajstić information content (AvgIpc) is 3.29. The fraction of sp³-hybridized carbons (Fsp3) is 0.310. The van der Waals surface area contributed by atoms with Crippen molar-refractivity contribution in [3.63, 3.8) is 0 Å². The van der Waals surface area contributed by atoms with Crippen LogP contribution in [0, 0.1) is 11.2 Å². The highest BCUT2D eigenvalue weighted by atomic mass is 35.5. The summed E-state index contributed by atoms with van der Waals surface area (Å²) < 4.78 is 21.6. The van der Waals surface area contributed by atoms with Crippen LogP contribution in [-0.2, 0) is 14.9 Å². The highest BCUT2D eigenvalue weighted by Gasteiger charge is 2.66. The van der Waals surface area contributed by atoms with E-state index in [1.54, 1.807) is 54.6 Å². The van der Waals surface area contributed by atoms with E-state index in [0.29, 0.717) is 28.4 Å². The van der Waals surface area contributed by atoms with E-state index in [4.69, 9.17) is 27.9 Å². The third-order valence-electron chi connectivity index (χ3n) is 7.15. The van der Waals surface area contributed by atoms with Gasteiger partial charge in [0.2, 0.25) is 5.91 Å². The largest absolute Gasteiger partial charge is 0.429 e. The van der Waals surface area contributed by atoms with Crippen LogP contribution >= 0.6 is 23.2 Å². The lowest BCUT2D eigenvalue weighted by Gasteiger charge is -2.37. The van der Waals surface area contributed by atoms with Crippen molar-refractivity contribution in [2.24, 2.45) is 5.41 Å². The Morgan fingerprint density at radius 2 is 1.82 bits per heavy atom. The molecule has 0 aliphatic carbocycles. The van der Waals surface area contributed by atoms with Crippen LogP contribution in [0.1, 0.15) is 44.2 Å². The van der Waals surface area contributed by atoms with Gasteiger partial charge in [0.1, 0.15) is 11.2 Å². The molecule has 1 fully saturated rings. The van der Waals surface area contributed by atoms with Gasteiger partial charge in [-0.1, -0.05) is 80.4 Å². The van der Waals surface area contributed by atoms with Gasteiger partial charge in [-0.15, -0.1) is 0 Å². The number of para-hydroxylation sites is 1.